The van der Waals surface area contributed by atoms with Crippen LogP contribution in [-0.4, -0.2) is 12.7 Å². The van der Waals surface area contributed by atoms with Gasteiger partial charge in [0.15, 0.2) is 0 Å². The van der Waals surface area contributed by atoms with Crippen molar-refractivity contribution in [2.45, 2.75) is 77.2 Å². The highest BCUT2D eigenvalue weighted by Gasteiger charge is 2.24. The lowest BCUT2D eigenvalue weighted by atomic mass is 9.77. The minimum atomic E-state index is 0.510. The van der Waals surface area contributed by atoms with Crippen molar-refractivity contribution in [2.24, 2.45) is 17.8 Å². The molecular formula is C20H34O. The van der Waals surface area contributed by atoms with Gasteiger partial charge in [0.2, 0.25) is 0 Å². The van der Waals surface area contributed by atoms with E-state index in [2.05, 4.69) is 25.7 Å². The standard InChI is InChI=1S/C20H34O/c1-3-5-17-6-8-18(9-7-17)10-11-19-12-14-20(15-13-19)21-16-4-2/h3-5,17-20H,2,6-16H2,1H3/b5-3+. The highest BCUT2D eigenvalue weighted by molar-refractivity contribution is 4.89. The first-order chi connectivity index (χ1) is 10.3. The Bertz CT molecular complexity index is 304. The zero-order valence-corrected chi connectivity index (χ0v) is 13.9. The molecule has 2 rings (SSSR count). The maximum atomic E-state index is 5.79. The molecule has 0 aromatic carbocycles. The normalized spacial score (nSPS) is 34.1. The predicted octanol–water partition coefficient (Wildman–Crippen LogP) is 5.91. The molecule has 1 nitrogen and oxygen atoms in total. The molecule has 0 radical (unpaired) electrons. The van der Waals surface area contributed by atoms with Gasteiger partial charge < -0.3 is 4.74 Å². The molecule has 0 aromatic heterocycles. The fourth-order valence-corrected chi connectivity index (χ4v) is 4.20. The van der Waals surface area contributed by atoms with Crippen LogP contribution in [0.3, 0.4) is 0 Å². The minimum Gasteiger partial charge on any atom is -0.374 e. The summed E-state index contributed by atoms with van der Waals surface area (Å²) in [5.74, 6) is 2.87. The molecule has 2 fully saturated rings. The fraction of sp³-hybridized carbons (Fsp3) is 0.800. The van der Waals surface area contributed by atoms with E-state index in [1.54, 1.807) is 0 Å². The zero-order chi connectivity index (χ0) is 14.9. The van der Waals surface area contributed by atoms with Crippen LogP contribution in [0.4, 0.5) is 0 Å². The van der Waals surface area contributed by atoms with Crippen molar-refractivity contribution in [3.05, 3.63) is 24.8 Å². The number of hydrogen-bond donors (Lipinski definition) is 0. The Morgan fingerprint density at radius 1 is 0.905 bits per heavy atom. The molecule has 21 heavy (non-hydrogen) atoms. The monoisotopic (exact) mass is 290 g/mol. The highest BCUT2D eigenvalue weighted by Crippen LogP contribution is 2.36. The summed E-state index contributed by atoms with van der Waals surface area (Å²) >= 11 is 0. The van der Waals surface area contributed by atoms with Crippen molar-refractivity contribution >= 4 is 0 Å². The maximum Gasteiger partial charge on any atom is 0.0648 e. The van der Waals surface area contributed by atoms with E-state index in [0.29, 0.717) is 6.10 Å². The largest absolute Gasteiger partial charge is 0.374 e. The summed E-state index contributed by atoms with van der Waals surface area (Å²) in [5.41, 5.74) is 0. The molecule has 0 amide bonds. The second-order valence-corrected chi connectivity index (χ2v) is 7.15. The molecule has 0 unspecified atom stereocenters. The van der Waals surface area contributed by atoms with Gasteiger partial charge in [0.05, 0.1) is 12.7 Å². The Labute approximate surface area is 131 Å². The van der Waals surface area contributed by atoms with Crippen LogP contribution in [0.5, 0.6) is 0 Å². The van der Waals surface area contributed by atoms with E-state index in [-0.39, 0.29) is 0 Å². The van der Waals surface area contributed by atoms with E-state index < -0.39 is 0 Å². The molecular weight excluding hydrogens is 256 g/mol. The molecule has 2 aliphatic rings. The Morgan fingerprint density at radius 3 is 2.00 bits per heavy atom. The minimum absolute atomic E-state index is 0.510. The SMILES string of the molecule is C=CCOC1CCC(CCC2CCC(/C=C/C)CC2)CC1. The van der Waals surface area contributed by atoms with E-state index in [4.69, 9.17) is 4.74 Å². The van der Waals surface area contributed by atoms with Crippen molar-refractivity contribution < 1.29 is 4.74 Å². The third-order valence-corrected chi connectivity index (χ3v) is 5.58. The van der Waals surface area contributed by atoms with Gasteiger partial charge in [0.1, 0.15) is 0 Å². The van der Waals surface area contributed by atoms with E-state index >= 15 is 0 Å². The molecule has 1 heteroatoms. The van der Waals surface area contributed by atoms with Gasteiger partial charge in [-0.15, -0.1) is 6.58 Å². The summed E-state index contributed by atoms with van der Waals surface area (Å²) in [5, 5.41) is 0. The average Bonchev–Trinajstić information content (AvgIpc) is 2.53. The lowest BCUT2D eigenvalue weighted by molar-refractivity contribution is 0.0327. The molecule has 120 valence electrons. The Morgan fingerprint density at radius 2 is 1.48 bits per heavy atom. The average molecular weight is 290 g/mol. The van der Waals surface area contributed by atoms with Gasteiger partial charge in [0, 0.05) is 0 Å². The van der Waals surface area contributed by atoms with Crippen molar-refractivity contribution in [1.82, 2.24) is 0 Å². The highest BCUT2D eigenvalue weighted by atomic mass is 16.5. The van der Waals surface area contributed by atoms with Crippen LogP contribution in [0.2, 0.25) is 0 Å². The van der Waals surface area contributed by atoms with Gasteiger partial charge in [-0.1, -0.05) is 31.1 Å². The first-order valence-electron chi connectivity index (χ1n) is 9.17. The van der Waals surface area contributed by atoms with Crippen LogP contribution in [0, 0.1) is 17.8 Å². The van der Waals surface area contributed by atoms with Crippen LogP contribution in [0.1, 0.15) is 71.1 Å². The first kappa shape index (κ1) is 16.8. The molecule has 0 atom stereocenters. The zero-order valence-electron chi connectivity index (χ0n) is 13.9. The molecule has 0 heterocycles. The Hall–Kier alpha value is -0.560. The van der Waals surface area contributed by atoms with Crippen molar-refractivity contribution in [2.75, 3.05) is 6.61 Å². The van der Waals surface area contributed by atoms with Gasteiger partial charge in [-0.05, 0) is 76.0 Å². The number of allylic oxidation sites excluding steroid dienone is 2. The molecule has 0 bridgehead atoms. The number of ether oxygens (including phenoxy) is 1. The third-order valence-electron chi connectivity index (χ3n) is 5.58. The molecule has 0 aromatic rings. The summed E-state index contributed by atoms with van der Waals surface area (Å²) in [7, 11) is 0. The Kier molecular flexibility index (Phi) is 7.57. The van der Waals surface area contributed by atoms with Crippen LogP contribution >= 0.6 is 0 Å². The maximum absolute atomic E-state index is 5.79. The van der Waals surface area contributed by atoms with Crippen LogP contribution in [0.25, 0.3) is 0 Å². The van der Waals surface area contributed by atoms with Gasteiger partial charge in [-0.3, -0.25) is 0 Å². The first-order valence-corrected chi connectivity index (χ1v) is 9.17. The molecule has 2 aliphatic carbocycles. The van der Waals surface area contributed by atoms with Gasteiger partial charge in [0.25, 0.3) is 0 Å². The Balaban J connectivity index is 1.57. The summed E-state index contributed by atoms with van der Waals surface area (Å²) in [6.07, 6.45) is 21.1. The molecule has 0 saturated heterocycles. The van der Waals surface area contributed by atoms with E-state index in [0.717, 1.165) is 24.4 Å². The van der Waals surface area contributed by atoms with Crippen LogP contribution < -0.4 is 0 Å². The van der Waals surface area contributed by atoms with E-state index in [1.807, 2.05) is 6.08 Å². The van der Waals surface area contributed by atoms with Crippen molar-refractivity contribution in [3.63, 3.8) is 0 Å². The molecule has 2 saturated carbocycles. The van der Waals surface area contributed by atoms with Gasteiger partial charge in [-0.2, -0.15) is 0 Å². The quantitative estimate of drug-likeness (QED) is 0.529. The number of rotatable bonds is 7. The van der Waals surface area contributed by atoms with Crippen molar-refractivity contribution in [1.29, 1.82) is 0 Å². The molecule has 0 N–H and O–H groups in total. The topological polar surface area (TPSA) is 9.23 Å². The smallest absolute Gasteiger partial charge is 0.0648 e. The lowest BCUT2D eigenvalue weighted by Gasteiger charge is -2.31. The fourth-order valence-electron chi connectivity index (χ4n) is 4.20. The van der Waals surface area contributed by atoms with Gasteiger partial charge >= 0.3 is 0 Å². The summed E-state index contributed by atoms with van der Waals surface area (Å²) in [6, 6.07) is 0. The van der Waals surface area contributed by atoms with Gasteiger partial charge in [-0.25, -0.2) is 0 Å². The van der Waals surface area contributed by atoms with Crippen LogP contribution in [-0.2, 0) is 4.74 Å². The van der Waals surface area contributed by atoms with Crippen molar-refractivity contribution in [3.8, 4) is 0 Å². The van der Waals surface area contributed by atoms with E-state index in [9.17, 15) is 0 Å². The van der Waals surface area contributed by atoms with Crippen LogP contribution in [0.15, 0.2) is 24.8 Å². The second kappa shape index (κ2) is 9.46. The summed E-state index contributed by atoms with van der Waals surface area (Å²) < 4.78 is 5.79. The summed E-state index contributed by atoms with van der Waals surface area (Å²) in [6.45, 7) is 6.61. The molecule has 0 aliphatic heterocycles. The second-order valence-electron chi connectivity index (χ2n) is 7.15. The summed E-state index contributed by atoms with van der Waals surface area (Å²) in [4.78, 5) is 0. The van der Waals surface area contributed by atoms with E-state index in [1.165, 1.54) is 64.2 Å². The predicted molar refractivity (Wildman–Crippen MR) is 91.4 cm³/mol. The number of hydrogen-bond acceptors (Lipinski definition) is 1. The lowest BCUT2D eigenvalue weighted by Crippen LogP contribution is -2.22. The third kappa shape index (κ3) is 5.98. The molecule has 0 spiro atoms.